The van der Waals surface area contributed by atoms with Crippen molar-refractivity contribution in [1.29, 1.82) is 0 Å². The molecule has 0 spiro atoms. The molecule has 0 aliphatic rings. The van der Waals surface area contributed by atoms with Crippen molar-refractivity contribution in [1.82, 2.24) is 25.9 Å². The normalized spacial score (nSPS) is 10.0. The maximum Gasteiger partial charge on any atom is 0.319 e. The van der Waals surface area contributed by atoms with E-state index in [4.69, 9.17) is 5.11 Å². The highest BCUT2D eigenvalue weighted by molar-refractivity contribution is 5.89. The van der Waals surface area contributed by atoms with Gasteiger partial charge in [-0.1, -0.05) is 17.3 Å². The van der Waals surface area contributed by atoms with E-state index in [0.717, 1.165) is 0 Å². The van der Waals surface area contributed by atoms with E-state index in [1.165, 1.54) is 0 Å². The number of carbonyl (C=O) groups excluding carboxylic acids is 1. The summed E-state index contributed by atoms with van der Waals surface area (Å²) in [5.74, 6) is -0.566. The smallest absolute Gasteiger partial charge is 0.319 e. The summed E-state index contributed by atoms with van der Waals surface area (Å²) in [4.78, 5) is 22.2. The molecule has 9 nitrogen and oxygen atoms in total. The SMILES string of the molecule is O=C(O)Cc1cccc(NC(=O)NCc2nn[nH]n2)c1. The van der Waals surface area contributed by atoms with Crippen molar-refractivity contribution in [2.24, 2.45) is 0 Å². The van der Waals surface area contributed by atoms with E-state index >= 15 is 0 Å². The van der Waals surface area contributed by atoms with Gasteiger partial charge in [-0.3, -0.25) is 4.79 Å². The van der Waals surface area contributed by atoms with Crippen LogP contribution in [-0.4, -0.2) is 37.7 Å². The van der Waals surface area contributed by atoms with Crippen molar-refractivity contribution < 1.29 is 14.7 Å². The molecule has 1 heterocycles. The molecular weight excluding hydrogens is 264 g/mol. The first-order chi connectivity index (χ1) is 9.63. The molecule has 0 bridgehead atoms. The first kappa shape index (κ1) is 13.5. The number of carboxylic acid groups (broad SMARTS) is 1. The van der Waals surface area contributed by atoms with Crippen LogP contribution in [0.2, 0.25) is 0 Å². The molecule has 104 valence electrons. The minimum atomic E-state index is -0.927. The van der Waals surface area contributed by atoms with Gasteiger partial charge in [-0.05, 0) is 17.7 Å². The number of tetrazole rings is 1. The predicted octanol–water partition coefficient (Wildman–Crippen LogP) is 0.148. The third-order valence-electron chi connectivity index (χ3n) is 2.34. The van der Waals surface area contributed by atoms with Gasteiger partial charge in [-0.2, -0.15) is 5.21 Å². The average Bonchev–Trinajstić information content (AvgIpc) is 2.89. The molecule has 0 aliphatic carbocycles. The first-order valence-corrected chi connectivity index (χ1v) is 5.71. The maximum atomic E-state index is 11.6. The molecule has 0 radical (unpaired) electrons. The second kappa shape index (κ2) is 6.27. The number of rotatable bonds is 5. The van der Waals surface area contributed by atoms with Crippen LogP contribution >= 0.6 is 0 Å². The highest BCUT2D eigenvalue weighted by Crippen LogP contribution is 2.11. The Hall–Kier alpha value is -2.97. The predicted molar refractivity (Wildman–Crippen MR) is 67.8 cm³/mol. The van der Waals surface area contributed by atoms with Gasteiger partial charge in [-0.25, -0.2) is 4.79 Å². The zero-order valence-electron chi connectivity index (χ0n) is 10.3. The Balaban J connectivity index is 1.88. The number of benzene rings is 1. The molecule has 9 heteroatoms. The Kier molecular flexibility index (Phi) is 4.22. The van der Waals surface area contributed by atoms with E-state index < -0.39 is 12.0 Å². The number of nitrogens with one attached hydrogen (secondary N) is 3. The molecule has 4 N–H and O–H groups in total. The molecule has 0 saturated carbocycles. The van der Waals surface area contributed by atoms with Crippen LogP contribution in [0, 0.1) is 0 Å². The third-order valence-corrected chi connectivity index (χ3v) is 2.34. The number of aromatic amines is 1. The number of nitrogens with zero attached hydrogens (tertiary/aromatic N) is 3. The Morgan fingerprint density at radius 3 is 2.90 bits per heavy atom. The number of amides is 2. The van der Waals surface area contributed by atoms with Gasteiger partial charge in [0.2, 0.25) is 0 Å². The van der Waals surface area contributed by atoms with Gasteiger partial charge < -0.3 is 15.7 Å². The van der Waals surface area contributed by atoms with E-state index in [9.17, 15) is 9.59 Å². The quantitative estimate of drug-likeness (QED) is 0.614. The Morgan fingerprint density at radius 1 is 1.35 bits per heavy atom. The standard InChI is InChI=1S/C11H12N6O3/c18-10(19)5-7-2-1-3-8(4-7)13-11(20)12-6-9-14-16-17-15-9/h1-4H,5-6H2,(H,18,19)(H2,12,13,20)(H,14,15,16,17). The van der Waals surface area contributed by atoms with E-state index in [1.807, 2.05) is 0 Å². The molecule has 2 aromatic rings. The maximum absolute atomic E-state index is 11.6. The molecule has 1 aromatic heterocycles. The molecule has 0 unspecified atom stereocenters. The number of urea groups is 1. The summed E-state index contributed by atoms with van der Waals surface area (Å²) in [6.45, 7) is 0.136. The van der Waals surface area contributed by atoms with Gasteiger partial charge in [0.1, 0.15) is 0 Å². The van der Waals surface area contributed by atoms with Crippen LogP contribution < -0.4 is 10.6 Å². The number of H-pyrrole nitrogens is 1. The number of carbonyl (C=O) groups is 2. The zero-order chi connectivity index (χ0) is 14.4. The number of aromatic nitrogens is 4. The number of aliphatic carboxylic acids is 1. The Labute approximate surface area is 113 Å². The summed E-state index contributed by atoms with van der Waals surface area (Å²) in [5.41, 5.74) is 1.11. The first-order valence-electron chi connectivity index (χ1n) is 5.71. The minimum Gasteiger partial charge on any atom is -0.481 e. The third kappa shape index (κ3) is 4.05. The summed E-state index contributed by atoms with van der Waals surface area (Å²) >= 11 is 0. The van der Waals surface area contributed by atoms with Gasteiger partial charge in [-0.15, -0.1) is 10.2 Å². The van der Waals surface area contributed by atoms with Crippen LogP contribution in [0.4, 0.5) is 10.5 Å². The van der Waals surface area contributed by atoms with Gasteiger partial charge in [0, 0.05) is 5.69 Å². The lowest BCUT2D eigenvalue weighted by atomic mass is 10.1. The molecule has 0 saturated heterocycles. The lowest BCUT2D eigenvalue weighted by Gasteiger charge is -2.07. The summed E-state index contributed by atoms with van der Waals surface area (Å²) < 4.78 is 0. The zero-order valence-corrected chi connectivity index (χ0v) is 10.3. The van der Waals surface area contributed by atoms with Crippen molar-refractivity contribution >= 4 is 17.7 Å². The van der Waals surface area contributed by atoms with Crippen LogP contribution in [0.1, 0.15) is 11.4 Å². The number of carboxylic acids is 1. The number of hydrogen-bond acceptors (Lipinski definition) is 5. The second-order valence-corrected chi connectivity index (χ2v) is 3.91. The van der Waals surface area contributed by atoms with Gasteiger partial charge in [0.05, 0.1) is 13.0 Å². The number of anilines is 1. The summed E-state index contributed by atoms with van der Waals surface area (Å²) in [6, 6.07) is 6.17. The average molecular weight is 276 g/mol. The van der Waals surface area contributed by atoms with Gasteiger partial charge >= 0.3 is 12.0 Å². The fraction of sp³-hybridized carbons (Fsp3) is 0.182. The highest BCUT2D eigenvalue weighted by atomic mass is 16.4. The van der Waals surface area contributed by atoms with Gasteiger partial charge in [0.15, 0.2) is 5.82 Å². The molecule has 0 fully saturated rings. The lowest BCUT2D eigenvalue weighted by molar-refractivity contribution is -0.136. The molecule has 0 atom stereocenters. The van der Waals surface area contributed by atoms with Crippen LogP contribution in [-0.2, 0) is 17.8 Å². The monoisotopic (exact) mass is 276 g/mol. The van der Waals surface area contributed by atoms with E-state index in [1.54, 1.807) is 24.3 Å². The van der Waals surface area contributed by atoms with E-state index in [2.05, 4.69) is 31.3 Å². The van der Waals surface area contributed by atoms with Crippen molar-refractivity contribution in [3.63, 3.8) is 0 Å². The van der Waals surface area contributed by atoms with Crippen molar-refractivity contribution in [3.05, 3.63) is 35.7 Å². The topological polar surface area (TPSA) is 133 Å². The summed E-state index contributed by atoms with van der Waals surface area (Å²) in [7, 11) is 0. The van der Waals surface area contributed by atoms with Crippen LogP contribution in [0.25, 0.3) is 0 Å². The van der Waals surface area contributed by atoms with Crippen LogP contribution in [0.3, 0.4) is 0 Å². The van der Waals surface area contributed by atoms with E-state index in [-0.39, 0.29) is 13.0 Å². The minimum absolute atomic E-state index is 0.0972. The molecule has 1 aromatic carbocycles. The van der Waals surface area contributed by atoms with Crippen LogP contribution in [0.15, 0.2) is 24.3 Å². The lowest BCUT2D eigenvalue weighted by Crippen LogP contribution is -2.28. The second-order valence-electron chi connectivity index (χ2n) is 3.91. The number of hydrogen-bond donors (Lipinski definition) is 4. The molecule has 20 heavy (non-hydrogen) atoms. The summed E-state index contributed by atoms with van der Waals surface area (Å²) in [5, 5.41) is 26.8. The van der Waals surface area contributed by atoms with Crippen molar-refractivity contribution in [2.45, 2.75) is 13.0 Å². The van der Waals surface area contributed by atoms with Crippen LogP contribution in [0.5, 0.6) is 0 Å². The largest absolute Gasteiger partial charge is 0.481 e. The van der Waals surface area contributed by atoms with Crippen molar-refractivity contribution in [2.75, 3.05) is 5.32 Å². The Bertz CT molecular complexity index is 598. The molecule has 0 aliphatic heterocycles. The van der Waals surface area contributed by atoms with Crippen molar-refractivity contribution in [3.8, 4) is 0 Å². The molecule has 2 rings (SSSR count). The fourth-order valence-electron chi connectivity index (χ4n) is 1.53. The fourth-order valence-corrected chi connectivity index (χ4v) is 1.53. The molecule has 2 amide bonds. The Morgan fingerprint density at radius 2 is 2.20 bits per heavy atom. The van der Waals surface area contributed by atoms with Gasteiger partial charge in [0.25, 0.3) is 0 Å². The molecular formula is C11H12N6O3. The van der Waals surface area contributed by atoms with E-state index in [0.29, 0.717) is 17.1 Å². The summed E-state index contributed by atoms with van der Waals surface area (Å²) in [6.07, 6.45) is -0.0972. The highest BCUT2D eigenvalue weighted by Gasteiger charge is 2.05.